The van der Waals surface area contributed by atoms with Crippen molar-refractivity contribution in [2.75, 3.05) is 24.9 Å². The van der Waals surface area contributed by atoms with Crippen LogP contribution in [0.4, 0.5) is 11.4 Å². The molecular formula is C22H26N2O4. The second-order valence-corrected chi connectivity index (χ2v) is 6.93. The van der Waals surface area contributed by atoms with Gasteiger partial charge in [0.25, 0.3) is 5.91 Å². The van der Waals surface area contributed by atoms with Crippen molar-refractivity contribution in [2.45, 2.75) is 32.1 Å². The minimum absolute atomic E-state index is 0.0556. The summed E-state index contributed by atoms with van der Waals surface area (Å²) in [6.07, 6.45) is 5.31. The number of amides is 2. The number of ether oxygens (including phenoxy) is 2. The Morgan fingerprint density at radius 3 is 2.29 bits per heavy atom. The van der Waals surface area contributed by atoms with Crippen LogP contribution < -0.4 is 20.1 Å². The SMILES string of the molecule is COc1ccc(C(=O)Nc2cccc(NC(=O)C3CCCCC3)c2)c(OC)c1. The highest BCUT2D eigenvalue weighted by Crippen LogP contribution is 2.27. The van der Waals surface area contributed by atoms with Crippen LogP contribution in [0.25, 0.3) is 0 Å². The van der Waals surface area contributed by atoms with Gasteiger partial charge >= 0.3 is 0 Å². The molecule has 1 aliphatic carbocycles. The number of nitrogens with one attached hydrogen (secondary N) is 2. The Bertz CT molecular complexity index is 844. The van der Waals surface area contributed by atoms with E-state index in [1.165, 1.54) is 13.5 Å². The van der Waals surface area contributed by atoms with E-state index in [0.717, 1.165) is 25.7 Å². The zero-order valence-corrected chi connectivity index (χ0v) is 16.3. The molecule has 0 spiro atoms. The molecule has 2 N–H and O–H groups in total. The van der Waals surface area contributed by atoms with Crippen molar-refractivity contribution in [3.63, 3.8) is 0 Å². The Labute approximate surface area is 165 Å². The summed E-state index contributed by atoms with van der Waals surface area (Å²) in [6, 6.07) is 12.2. The van der Waals surface area contributed by atoms with Crippen LogP contribution in [0.2, 0.25) is 0 Å². The number of carbonyl (C=O) groups excluding carboxylic acids is 2. The summed E-state index contributed by atoms with van der Waals surface area (Å²) >= 11 is 0. The van der Waals surface area contributed by atoms with Gasteiger partial charge in [0.2, 0.25) is 5.91 Å². The van der Waals surface area contributed by atoms with Gasteiger partial charge in [0.05, 0.1) is 19.8 Å². The summed E-state index contributed by atoms with van der Waals surface area (Å²) in [4.78, 5) is 25.1. The smallest absolute Gasteiger partial charge is 0.259 e. The first-order chi connectivity index (χ1) is 13.6. The Kier molecular flexibility index (Phi) is 6.53. The molecule has 0 unspecified atom stereocenters. The number of methoxy groups -OCH3 is 2. The molecule has 0 aromatic heterocycles. The standard InChI is InChI=1S/C22H26N2O4/c1-27-18-11-12-19(20(14-18)28-2)22(26)24-17-10-6-9-16(13-17)23-21(25)15-7-4-3-5-8-15/h6,9-15H,3-5,7-8H2,1-2H3,(H,23,25)(H,24,26). The van der Waals surface area contributed by atoms with E-state index in [4.69, 9.17) is 9.47 Å². The molecule has 0 saturated heterocycles. The van der Waals surface area contributed by atoms with Crippen molar-refractivity contribution in [3.05, 3.63) is 48.0 Å². The molecule has 0 aliphatic heterocycles. The predicted octanol–water partition coefficient (Wildman–Crippen LogP) is 4.47. The largest absolute Gasteiger partial charge is 0.497 e. The maximum absolute atomic E-state index is 12.7. The van der Waals surface area contributed by atoms with E-state index in [2.05, 4.69) is 10.6 Å². The predicted molar refractivity (Wildman–Crippen MR) is 109 cm³/mol. The van der Waals surface area contributed by atoms with Gasteiger partial charge in [-0.1, -0.05) is 25.3 Å². The second-order valence-electron chi connectivity index (χ2n) is 6.93. The van der Waals surface area contributed by atoms with Gasteiger partial charge in [-0.2, -0.15) is 0 Å². The molecule has 0 heterocycles. The molecule has 1 aliphatic rings. The third-order valence-corrected chi connectivity index (χ3v) is 5.02. The summed E-state index contributed by atoms with van der Waals surface area (Å²) in [5.74, 6) is 0.880. The Balaban J connectivity index is 1.68. The maximum Gasteiger partial charge on any atom is 0.259 e. The lowest BCUT2D eigenvalue weighted by Gasteiger charge is -2.21. The third kappa shape index (κ3) is 4.82. The average molecular weight is 382 g/mol. The average Bonchev–Trinajstić information content (AvgIpc) is 2.74. The van der Waals surface area contributed by atoms with Gasteiger partial charge in [-0.3, -0.25) is 9.59 Å². The summed E-state index contributed by atoms with van der Waals surface area (Å²) < 4.78 is 10.5. The van der Waals surface area contributed by atoms with Gasteiger partial charge in [0, 0.05) is 23.4 Å². The van der Waals surface area contributed by atoms with E-state index in [1.54, 1.807) is 43.5 Å². The Hall–Kier alpha value is -3.02. The highest BCUT2D eigenvalue weighted by atomic mass is 16.5. The molecule has 2 aromatic carbocycles. The Morgan fingerprint density at radius 1 is 0.893 bits per heavy atom. The Morgan fingerprint density at radius 2 is 1.61 bits per heavy atom. The van der Waals surface area contributed by atoms with Crippen LogP contribution >= 0.6 is 0 Å². The first-order valence-corrected chi connectivity index (χ1v) is 9.55. The molecule has 0 atom stereocenters. The lowest BCUT2D eigenvalue weighted by Crippen LogP contribution is -2.24. The van der Waals surface area contributed by atoms with Gasteiger partial charge in [0.15, 0.2) is 0 Å². The molecule has 1 fully saturated rings. The molecule has 1 saturated carbocycles. The fraction of sp³-hybridized carbons (Fsp3) is 0.364. The number of carbonyl (C=O) groups is 2. The van der Waals surface area contributed by atoms with E-state index >= 15 is 0 Å². The van der Waals surface area contributed by atoms with Crippen LogP contribution in [0.5, 0.6) is 11.5 Å². The van der Waals surface area contributed by atoms with Crippen molar-refractivity contribution >= 4 is 23.2 Å². The first kappa shape index (κ1) is 19.7. The van der Waals surface area contributed by atoms with Crippen LogP contribution in [-0.4, -0.2) is 26.0 Å². The normalized spacial score (nSPS) is 14.2. The minimum Gasteiger partial charge on any atom is -0.497 e. The van der Waals surface area contributed by atoms with Crippen LogP contribution in [0.15, 0.2) is 42.5 Å². The summed E-state index contributed by atoms with van der Waals surface area (Å²) in [7, 11) is 3.06. The fourth-order valence-electron chi connectivity index (χ4n) is 3.47. The monoisotopic (exact) mass is 382 g/mol. The molecule has 3 rings (SSSR count). The van der Waals surface area contributed by atoms with Crippen molar-refractivity contribution in [1.29, 1.82) is 0 Å². The molecule has 2 amide bonds. The van der Waals surface area contributed by atoms with E-state index in [1.807, 2.05) is 6.07 Å². The lowest BCUT2D eigenvalue weighted by molar-refractivity contribution is -0.120. The molecular weight excluding hydrogens is 356 g/mol. The minimum atomic E-state index is -0.296. The third-order valence-electron chi connectivity index (χ3n) is 5.02. The maximum atomic E-state index is 12.7. The first-order valence-electron chi connectivity index (χ1n) is 9.55. The van der Waals surface area contributed by atoms with Crippen molar-refractivity contribution in [3.8, 4) is 11.5 Å². The zero-order chi connectivity index (χ0) is 19.9. The topological polar surface area (TPSA) is 76.7 Å². The summed E-state index contributed by atoms with van der Waals surface area (Å²) in [5, 5.41) is 5.82. The number of anilines is 2. The molecule has 0 radical (unpaired) electrons. The van der Waals surface area contributed by atoms with Crippen molar-refractivity contribution < 1.29 is 19.1 Å². The number of hydrogen-bond acceptors (Lipinski definition) is 4. The molecule has 148 valence electrons. The van der Waals surface area contributed by atoms with Crippen LogP contribution in [0.3, 0.4) is 0 Å². The number of hydrogen-bond donors (Lipinski definition) is 2. The summed E-state index contributed by atoms with van der Waals surface area (Å²) in [5.41, 5.74) is 1.68. The molecule has 2 aromatic rings. The lowest BCUT2D eigenvalue weighted by atomic mass is 9.88. The number of rotatable bonds is 6. The van der Waals surface area contributed by atoms with E-state index in [-0.39, 0.29) is 17.7 Å². The molecule has 6 heteroatoms. The van der Waals surface area contributed by atoms with Crippen molar-refractivity contribution in [2.24, 2.45) is 5.92 Å². The molecule has 0 bridgehead atoms. The molecule has 28 heavy (non-hydrogen) atoms. The van der Waals surface area contributed by atoms with Crippen LogP contribution in [-0.2, 0) is 4.79 Å². The van der Waals surface area contributed by atoms with E-state index in [9.17, 15) is 9.59 Å². The molecule has 6 nitrogen and oxygen atoms in total. The van der Waals surface area contributed by atoms with Crippen molar-refractivity contribution in [1.82, 2.24) is 0 Å². The van der Waals surface area contributed by atoms with E-state index < -0.39 is 0 Å². The van der Waals surface area contributed by atoms with E-state index in [0.29, 0.717) is 28.4 Å². The van der Waals surface area contributed by atoms with Gasteiger partial charge in [-0.05, 0) is 43.2 Å². The highest BCUT2D eigenvalue weighted by molar-refractivity contribution is 6.06. The van der Waals surface area contributed by atoms with Gasteiger partial charge in [-0.25, -0.2) is 0 Å². The van der Waals surface area contributed by atoms with Gasteiger partial charge in [0.1, 0.15) is 11.5 Å². The van der Waals surface area contributed by atoms with Crippen LogP contribution in [0, 0.1) is 5.92 Å². The second kappa shape index (κ2) is 9.26. The highest BCUT2D eigenvalue weighted by Gasteiger charge is 2.21. The number of benzene rings is 2. The quantitative estimate of drug-likeness (QED) is 0.772. The zero-order valence-electron chi connectivity index (χ0n) is 16.3. The van der Waals surface area contributed by atoms with Gasteiger partial charge in [-0.15, -0.1) is 0 Å². The van der Waals surface area contributed by atoms with Crippen LogP contribution in [0.1, 0.15) is 42.5 Å². The van der Waals surface area contributed by atoms with Gasteiger partial charge < -0.3 is 20.1 Å². The summed E-state index contributed by atoms with van der Waals surface area (Å²) in [6.45, 7) is 0. The fourth-order valence-corrected chi connectivity index (χ4v) is 3.47.